The number of hydrogen-bond donors (Lipinski definition) is 2. The average molecular weight is 369 g/mol. The van der Waals surface area contributed by atoms with E-state index in [1.54, 1.807) is 17.9 Å². The fourth-order valence-corrected chi connectivity index (χ4v) is 3.62. The number of thiazole rings is 1. The number of nitrogens with one attached hydrogen (secondary N) is 2. The van der Waals surface area contributed by atoms with Crippen molar-refractivity contribution in [3.8, 4) is 11.3 Å². The van der Waals surface area contributed by atoms with E-state index in [1.165, 1.54) is 28.0 Å². The van der Waals surface area contributed by atoms with E-state index < -0.39 is 6.04 Å². The van der Waals surface area contributed by atoms with E-state index in [0.29, 0.717) is 5.13 Å². The van der Waals surface area contributed by atoms with Gasteiger partial charge in [-0.15, -0.1) is 11.3 Å². The standard InChI is InChI=1S/C19H23N5OS/c1-11-6-13(3)15(7-12(11)2)16-10-26-19(22-16)23-18(25)17(20-4)14-8-21-24(5)9-14/h6-10,17,20H,1-5H3,(H,22,23,25). The highest BCUT2D eigenvalue weighted by Gasteiger charge is 2.21. The summed E-state index contributed by atoms with van der Waals surface area (Å²) in [6.45, 7) is 6.28. The summed E-state index contributed by atoms with van der Waals surface area (Å²) in [6, 6.07) is 3.85. The summed E-state index contributed by atoms with van der Waals surface area (Å²) in [7, 11) is 3.58. The fourth-order valence-electron chi connectivity index (χ4n) is 2.91. The average Bonchev–Trinajstić information content (AvgIpc) is 3.21. The largest absolute Gasteiger partial charge is 0.305 e. The maximum absolute atomic E-state index is 12.6. The van der Waals surface area contributed by atoms with Crippen LogP contribution in [-0.4, -0.2) is 27.7 Å². The number of hydrogen-bond acceptors (Lipinski definition) is 5. The van der Waals surface area contributed by atoms with Gasteiger partial charge >= 0.3 is 0 Å². The number of nitrogens with zero attached hydrogens (tertiary/aromatic N) is 3. The molecule has 2 heterocycles. The molecular formula is C19H23N5OS. The molecule has 1 atom stereocenters. The zero-order valence-electron chi connectivity index (χ0n) is 15.6. The second-order valence-electron chi connectivity index (χ2n) is 6.45. The molecule has 7 heteroatoms. The second-order valence-corrected chi connectivity index (χ2v) is 7.31. The number of amides is 1. The minimum absolute atomic E-state index is 0.154. The Labute approximate surface area is 157 Å². The second kappa shape index (κ2) is 7.39. The quantitative estimate of drug-likeness (QED) is 0.723. The first-order valence-electron chi connectivity index (χ1n) is 8.39. The Morgan fingerprint density at radius 1 is 1.19 bits per heavy atom. The van der Waals surface area contributed by atoms with Crippen LogP contribution in [0.1, 0.15) is 28.3 Å². The van der Waals surface area contributed by atoms with Gasteiger partial charge in [0.15, 0.2) is 5.13 Å². The van der Waals surface area contributed by atoms with Crippen LogP contribution in [0.25, 0.3) is 11.3 Å². The number of carbonyl (C=O) groups excluding carboxylic acids is 1. The van der Waals surface area contributed by atoms with Gasteiger partial charge < -0.3 is 10.6 Å². The Morgan fingerprint density at radius 2 is 1.92 bits per heavy atom. The number of aryl methyl sites for hydroxylation is 4. The highest BCUT2D eigenvalue weighted by molar-refractivity contribution is 7.14. The SMILES string of the molecule is CNC(C(=O)Nc1nc(-c2cc(C)c(C)cc2C)cs1)c1cnn(C)c1. The molecule has 0 radical (unpaired) electrons. The molecule has 1 amide bonds. The molecule has 0 spiro atoms. The monoisotopic (exact) mass is 369 g/mol. The van der Waals surface area contributed by atoms with Gasteiger partial charge in [-0.05, 0) is 50.6 Å². The molecule has 3 rings (SSSR count). The van der Waals surface area contributed by atoms with Gasteiger partial charge in [0.2, 0.25) is 5.91 Å². The predicted octanol–water partition coefficient (Wildman–Crippen LogP) is 3.37. The topological polar surface area (TPSA) is 71.8 Å². The molecule has 3 aromatic rings. The van der Waals surface area contributed by atoms with Gasteiger partial charge in [-0.1, -0.05) is 6.07 Å². The summed E-state index contributed by atoms with van der Waals surface area (Å²) in [5.41, 5.74) is 6.48. The van der Waals surface area contributed by atoms with Gasteiger partial charge in [-0.2, -0.15) is 5.10 Å². The lowest BCUT2D eigenvalue weighted by Crippen LogP contribution is -2.30. The van der Waals surface area contributed by atoms with Crippen LogP contribution < -0.4 is 10.6 Å². The number of anilines is 1. The number of likely N-dealkylation sites (N-methyl/N-ethyl adjacent to an activating group) is 1. The normalized spacial score (nSPS) is 12.2. The third-order valence-electron chi connectivity index (χ3n) is 4.46. The summed E-state index contributed by atoms with van der Waals surface area (Å²) in [5, 5.41) is 12.6. The summed E-state index contributed by atoms with van der Waals surface area (Å²) < 4.78 is 1.68. The molecule has 6 nitrogen and oxygen atoms in total. The first-order chi connectivity index (χ1) is 12.4. The van der Waals surface area contributed by atoms with Crippen LogP contribution in [-0.2, 0) is 11.8 Å². The molecule has 136 valence electrons. The first kappa shape index (κ1) is 18.3. The summed E-state index contributed by atoms with van der Waals surface area (Å²) in [6.07, 6.45) is 3.51. The van der Waals surface area contributed by atoms with Crippen LogP contribution >= 0.6 is 11.3 Å². The van der Waals surface area contributed by atoms with E-state index in [0.717, 1.165) is 16.8 Å². The molecule has 2 N–H and O–H groups in total. The Balaban J connectivity index is 1.80. The van der Waals surface area contributed by atoms with Crippen molar-refractivity contribution in [1.29, 1.82) is 0 Å². The van der Waals surface area contributed by atoms with Crippen molar-refractivity contribution in [3.05, 3.63) is 52.2 Å². The smallest absolute Gasteiger partial charge is 0.247 e. The molecule has 0 aliphatic heterocycles. The molecule has 0 fully saturated rings. The summed E-state index contributed by atoms with van der Waals surface area (Å²) in [4.78, 5) is 17.2. The van der Waals surface area contributed by atoms with Crippen LogP contribution in [0, 0.1) is 20.8 Å². The molecule has 1 aromatic carbocycles. The van der Waals surface area contributed by atoms with Gasteiger partial charge in [0, 0.05) is 29.8 Å². The van der Waals surface area contributed by atoms with E-state index in [4.69, 9.17) is 0 Å². The van der Waals surface area contributed by atoms with Crippen molar-refractivity contribution in [3.63, 3.8) is 0 Å². The van der Waals surface area contributed by atoms with Crippen molar-refractivity contribution >= 4 is 22.4 Å². The van der Waals surface area contributed by atoms with Crippen molar-refractivity contribution in [2.24, 2.45) is 7.05 Å². The highest BCUT2D eigenvalue weighted by atomic mass is 32.1. The Hall–Kier alpha value is -2.51. The van der Waals surface area contributed by atoms with Crippen LogP contribution in [0.2, 0.25) is 0 Å². The lowest BCUT2D eigenvalue weighted by molar-refractivity contribution is -0.118. The zero-order valence-corrected chi connectivity index (χ0v) is 16.4. The summed E-state index contributed by atoms with van der Waals surface area (Å²) in [5.74, 6) is -0.154. The van der Waals surface area contributed by atoms with E-state index >= 15 is 0 Å². The lowest BCUT2D eigenvalue weighted by atomic mass is 9.99. The van der Waals surface area contributed by atoms with Gasteiger partial charge in [0.25, 0.3) is 0 Å². The molecule has 0 saturated heterocycles. The highest BCUT2D eigenvalue weighted by Crippen LogP contribution is 2.30. The van der Waals surface area contributed by atoms with E-state index in [2.05, 4.69) is 53.6 Å². The van der Waals surface area contributed by atoms with Gasteiger partial charge in [-0.3, -0.25) is 9.48 Å². The number of aromatic nitrogens is 3. The predicted molar refractivity (Wildman–Crippen MR) is 105 cm³/mol. The molecule has 26 heavy (non-hydrogen) atoms. The van der Waals surface area contributed by atoms with Gasteiger partial charge in [0.1, 0.15) is 6.04 Å². The van der Waals surface area contributed by atoms with E-state index in [9.17, 15) is 4.79 Å². The summed E-state index contributed by atoms with van der Waals surface area (Å²) >= 11 is 1.43. The Morgan fingerprint density at radius 3 is 2.58 bits per heavy atom. The molecule has 0 bridgehead atoms. The molecular weight excluding hydrogens is 346 g/mol. The molecule has 0 aliphatic rings. The van der Waals surface area contributed by atoms with Crippen molar-refractivity contribution in [1.82, 2.24) is 20.1 Å². The number of rotatable bonds is 5. The van der Waals surface area contributed by atoms with Crippen molar-refractivity contribution in [2.45, 2.75) is 26.8 Å². The molecule has 2 aromatic heterocycles. The Kier molecular flexibility index (Phi) is 5.20. The number of carbonyl (C=O) groups is 1. The lowest BCUT2D eigenvalue weighted by Gasteiger charge is -2.13. The first-order valence-corrected chi connectivity index (χ1v) is 9.27. The third-order valence-corrected chi connectivity index (χ3v) is 5.22. The minimum atomic E-state index is -0.473. The van der Waals surface area contributed by atoms with Crippen LogP contribution in [0.4, 0.5) is 5.13 Å². The van der Waals surface area contributed by atoms with E-state index in [-0.39, 0.29) is 5.91 Å². The van der Waals surface area contributed by atoms with E-state index in [1.807, 2.05) is 18.6 Å². The minimum Gasteiger partial charge on any atom is -0.305 e. The maximum atomic E-state index is 12.6. The number of benzene rings is 1. The van der Waals surface area contributed by atoms with Gasteiger partial charge in [0.05, 0.1) is 11.9 Å². The van der Waals surface area contributed by atoms with Crippen LogP contribution in [0.5, 0.6) is 0 Å². The zero-order chi connectivity index (χ0) is 18.8. The van der Waals surface area contributed by atoms with Crippen LogP contribution in [0.15, 0.2) is 29.9 Å². The van der Waals surface area contributed by atoms with Gasteiger partial charge in [-0.25, -0.2) is 4.98 Å². The molecule has 0 aliphatic carbocycles. The van der Waals surface area contributed by atoms with Crippen molar-refractivity contribution in [2.75, 3.05) is 12.4 Å². The maximum Gasteiger partial charge on any atom is 0.247 e. The Bertz CT molecular complexity index is 943. The molecule has 0 saturated carbocycles. The van der Waals surface area contributed by atoms with Crippen LogP contribution in [0.3, 0.4) is 0 Å². The fraction of sp³-hybridized carbons (Fsp3) is 0.316. The molecule has 1 unspecified atom stereocenters. The van der Waals surface area contributed by atoms with Crippen molar-refractivity contribution < 1.29 is 4.79 Å². The third kappa shape index (κ3) is 3.68.